The van der Waals surface area contributed by atoms with Gasteiger partial charge < -0.3 is 15.6 Å². The lowest BCUT2D eigenvalue weighted by Gasteiger charge is -2.29. The first kappa shape index (κ1) is 21.7. The van der Waals surface area contributed by atoms with Gasteiger partial charge in [0.15, 0.2) is 0 Å². The molecule has 7 nitrogen and oxygen atoms in total. The predicted molar refractivity (Wildman–Crippen MR) is 120 cm³/mol. The standard InChI is InChI=1S/C23H29ClN4O3/c1-14-4-2-3-5-18(14)26-21(29)9-8-20-22(30)28(23(31)27-20)11-10-15-13-25-19-7-6-16(24)12-17(15)19/h6-7,12-14,18,20,25H,2-5,8-11H2,1H3,(H,26,29)(H,27,31)/t14-,18+,20-/m0/s1. The fraction of sp³-hybridized carbons (Fsp3) is 0.522. The number of aromatic amines is 1. The highest BCUT2D eigenvalue weighted by Crippen LogP contribution is 2.25. The quantitative estimate of drug-likeness (QED) is 0.567. The van der Waals surface area contributed by atoms with Crippen molar-refractivity contribution >= 4 is 40.3 Å². The van der Waals surface area contributed by atoms with Crippen molar-refractivity contribution in [3.63, 3.8) is 0 Å². The van der Waals surface area contributed by atoms with Gasteiger partial charge in [-0.05, 0) is 55.4 Å². The molecule has 0 bridgehead atoms. The van der Waals surface area contributed by atoms with Crippen molar-refractivity contribution in [1.29, 1.82) is 0 Å². The van der Waals surface area contributed by atoms with Crippen LogP contribution in [-0.4, -0.2) is 46.4 Å². The van der Waals surface area contributed by atoms with Crippen molar-refractivity contribution < 1.29 is 14.4 Å². The van der Waals surface area contributed by atoms with E-state index >= 15 is 0 Å². The highest BCUT2D eigenvalue weighted by atomic mass is 35.5. The van der Waals surface area contributed by atoms with Gasteiger partial charge in [-0.3, -0.25) is 14.5 Å². The molecule has 2 aliphatic rings. The zero-order valence-electron chi connectivity index (χ0n) is 17.7. The number of rotatable bonds is 7. The molecule has 4 amide bonds. The third-order valence-corrected chi connectivity index (χ3v) is 6.79. The molecule has 2 heterocycles. The molecule has 166 valence electrons. The molecule has 1 saturated heterocycles. The molecule has 1 saturated carbocycles. The van der Waals surface area contributed by atoms with E-state index in [0.717, 1.165) is 35.7 Å². The summed E-state index contributed by atoms with van der Waals surface area (Å²) in [6.45, 7) is 2.46. The Hall–Kier alpha value is -2.54. The van der Waals surface area contributed by atoms with E-state index in [1.54, 1.807) is 0 Å². The Labute approximate surface area is 186 Å². The minimum absolute atomic E-state index is 0.0464. The number of halogens is 1. The normalized spacial score (nSPS) is 23.9. The second-order valence-corrected chi connectivity index (χ2v) is 9.16. The Morgan fingerprint density at radius 1 is 1.26 bits per heavy atom. The second-order valence-electron chi connectivity index (χ2n) is 8.72. The molecule has 0 radical (unpaired) electrons. The average molecular weight is 445 g/mol. The van der Waals surface area contributed by atoms with E-state index in [9.17, 15) is 14.4 Å². The summed E-state index contributed by atoms with van der Waals surface area (Å²) >= 11 is 6.09. The zero-order valence-corrected chi connectivity index (χ0v) is 18.5. The summed E-state index contributed by atoms with van der Waals surface area (Å²) in [7, 11) is 0. The lowest BCUT2D eigenvalue weighted by molar-refractivity contribution is -0.127. The van der Waals surface area contributed by atoms with Crippen LogP contribution in [0.2, 0.25) is 5.02 Å². The summed E-state index contributed by atoms with van der Waals surface area (Å²) in [6, 6.07) is 4.79. The van der Waals surface area contributed by atoms with Gasteiger partial charge in [-0.1, -0.05) is 31.4 Å². The largest absolute Gasteiger partial charge is 0.361 e. The van der Waals surface area contributed by atoms with Gasteiger partial charge in [-0.2, -0.15) is 0 Å². The number of nitrogens with zero attached hydrogens (tertiary/aromatic N) is 1. The van der Waals surface area contributed by atoms with Crippen molar-refractivity contribution in [3.8, 4) is 0 Å². The number of H-pyrrole nitrogens is 1. The Balaban J connectivity index is 1.29. The van der Waals surface area contributed by atoms with Crippen LogP contribution in [0.4, 0.5) is 4.79 Å². The Bertz CT molecular complexity index is 988. The van der Waals surface area contributed by atoms with Crippen LogP contribution in [0.1, 0.15) is 51.0 Å². The summed E-state index contributed by atoms with van der Waals surface area (Å²) in [6.07, 6.45) is 7.48. The first-order valence-electron chi connectivity index (χ1n) is 11.1. The van der Waals surface area contributed by atoms with Crippen LogP contribution >= 0.6 is 11.6 Å². The van der Waals surface area contributed by atoms with Gasteiger partial charge >= 0.3 is 6.03 Å². The van der Waals surface area contributed by atoms with E-state index in [-0.39, 0.29) is 30.8 Å². The summed E-state index contributed by atoms with van der Waals surface area (Å²) < 4.78 is 0. The lowest BCUT2D eigenvalue weighted by atomic mass is 9.86. The molecule has 0 unspecified atom stereocenters. The number of fused-ring (bicyclic) bond motifs is 1. The predicted octanol–water partition coefficient (Wildman–Crippen LogP) is 3.76. The number of hydrogen-bond donors (Lipinski definition) is 3. The maximum Gasteiger partial charge on any atom is 0.324 e. The molecular formula is C23H29ClN4O3. The van der Waals surface area contributed by atoms with Crippen molar-refractivity contribution in [2.45, 2.75) is 64.0 Å². The highest BCUT2D eigenvalue weighted by molar-refractivity contribution is 6.31. The summed E-state index contributed by atoms with van der Waals surface area (Å²) in [5, 5.41) is 7.46. The Kier molecular flexibility index (Phi) is 6.51. The Morgan fingerprint density at radius 3 is 2.87 bits per heavy atom. The third kappa shape index (κ3) is 4.87. The number of carbonyl (C=O) groups excluding carboxylic acids is 3. The van der Waals surface area contributed by atoms with E-state index in [2.05, 4.69) is 22.5 Å². The third-order valence-electron chi connectivity index (χ3n) is 6.56. The van der Waals surface area contributed by atoms with Gasteiger partial charge in [-0.25, -0.2) is 4.79 Å². The number of imide groups is 1. The van der Waals surface area contributed by atoms with Crippen LogP contribution in [0.15, 0.2) is 24.4 Å². The number of benzene rings is 1. The summed E-state index contributed by atoms with van der Waals surface area (Å²) in [5.74, 6) is 0.178. The zero-order chi connectivity index (χ0) is 22.0. The molecule has 3 atom stereocenters. The van der Waals surface area contributed by atoms with Crippen LogP contribution in [-0.2, 0) is 16.0 Å². The SMILES string of the molecule is C[C@H]1CCCC[C@H]1NC(=O)CC[C@@H]1NC(=O)N(CCc2c[nH]c3ccc(Cl)cc23)C1=O. The number of carbonyl (C=O) groups is 3. The molecule has 4 rings (SSSR count). The highest BCUT2D eigenvalue weighted by Gasteiger charge is 2.37. The van der Waals surface area contributed by atoms with Crippen LogP contribution in [0.25, 0.3) is 10.9 Å². The van der Waals surface area contributed by atoms with Crippen LogP contribution in [0, 0.1) is 5.92 Å². The van der Waals surface area contributed by atoms with E-state index in [1.807, 2.05) is 24.4 Å². The van der Waals surface area contributed by atoms with Crippen LogP contribution in [0.3, 0.4) is 0 Å². The molecule has 1 aromatic carbocycles. The first-order chi connectivity index (χ1) is 14.9. The van der Waals surface area contributed by atoms with E-state index in [4.69, 9.17) is 11.6 Å². The van der Waals surface area contributed by atoms with Crippen molar-refractivity contribution in [2.24, 2.45) is 5.92 Å². The van der Waals surface area contributed by atoms with Crippen LogP contribution in [0.5, 0.6) is 0 Å². The molecule has 31 heavy (non-hydrogen) atoms. The first-order valence-corrected chi connectivity index (χ1v) is 11.5. The second kappa shape index (κ2) is 9.30. The molecule has 2 aromatic rings. The fourth-order valence-corrected chi connectivity index (χ4v) is 4.83. The molecular weight excluding hydrogens is 416 g/mol. The number of aromatic nitrogens is 1. The average Bonchev–Trinajstić information content (AvgIpc) is 3.26. The lowest BCUT2D eigenvalue weighted by Crippen LogP contribution is -2.41. The number of urea groups is 1. The Morgan fingerprint density at radius 2 is 2.06 bits per heavy atom. The number of nitrogens with one attached hydrogen (secondary N) is 3. The van der Waals surface area contributed by atoms with Crippen molar-refractivity contribution in [1.82, 2.24) is 20.5 Å². The van der Waals surface area contributed by atoms with Gasteiger partial charge in [0.1, 0.15) is 6.04 Å². The van der Waals surface area contributed by atoms with Gasteiger partial charge in [0.05, 0.1) is 0 Å². The summed E-state index contributed by atoms with van der Waals surface area (Å²) in [5.41, 5.74) is 1.97. The minimum Gasteiger partial charge on any atom is -0.361 e. The monoisotopic (exact) mass is 444 g/mol. The van der Waals surface area contributed by atoms with Gasteiger partial charge in [0.25, 0.3) is 5.91 Å². The van der Waals surface area contributed by atoms with Gasteiger partial charge in [0.2, 0.25) is 5.91 Å². The molecule has 1 aliphatic carbocycles. The fourth-order valence-electron chi connectivity index (χ4n) is 4.66. The molecule has 1 aliphatic heterocycles. The van der Waals surface area contributed by atoms with Gasteiger partial charge in [-0.15, -0.1) is 0 Å². The van der Waals surface area contributed by atoms with E-state index in [0.29, 0.717) is 23.8 Å². The minimum atomic E-state index is -0.639. The molecule has 8 heteroatoms. The molecule has 3 N–H and O–H groups in total. The molecule has 0 spiro atoms. The topological polar surface area (TPSA) is 94.3 Å². The van der Waals surface area contributed by atoms with E-state index < -0.39 is 12.1 Å². The smallest absolute Gasteiger partial charge is 0.324 e. The number of hydrogen-bond acceptors (Lipinski definition) is 3. The summed E-state index contributed by atoms with van der Waals surface area (Å²) in [4.78, 5) is 41.9. The van der Waals surface area contributed by atoms with Crippen molar-refractivity contribution in [2.75, 3.05) is 6.54 Å². The molecule has 1 aromatic heterocycles. The molecule has 2 fully saturated rings. The maximum atomic E-state index is 12.7. The van der Waals surface area contributed by atoms with Crippen LogP contribution < -0.4 is 10.6 Å². The van der Waals surface area contributed by atoms with Crippen molar-refractivity contribution in [3.05, 3.63) is 35.0 Å². The van der Waals surface area contributed by atoms with E-state index in [1.165, 1.54) is 11.3 Å². The number of amides is 4. The maximum absolute atomic E-state index is 12.7. The van der Waals surface area contributed by atoms with Gasteiger partial charge in [0, 0.05) is 41.1 Å².